The van der Waals surface area contributed by atoms with Crippen LogP contribution in [-0.2, 0) is 9.59 Å². The molecule has 3 nitrogen and oxygen atoms in total. The normalized spacial score (nSPS) is 16.5. The molecule has 17 heavy (non-hydrogen) atoms. The zero-order valence-electron chi connectivity index (χ0n) is 9.81. The zero-order valence-corrected chi connectivity index (χ0v) is 9.81. The van der Waals surface area contributed by atoms with E-state index in [1.165, 1.54) is 11.0 Å². The predicted molar refractivity (Wildman–Crippen MR) is 66.4 cm³/mol. The van der Waals surface area contributed by atoms with E-state index in [1.54, 1.807) is 24.3 Å². The summed E-state index contributed by atoms with van der Waals surface area (Å²) in [7, 11) is 0. The van der Waals surface area contributed by atoms with Crippen molar-refractivity contribution in [3.05, 3.63) is 53.6 Å². The van der Waals surface area contributed by atoms with E-state index in [-0.39, 0.29) is 11.8 Å². The van der Waals surface area contributed by atoms with Crippen molar-refractivity contribution in [1.82, 2.24) is 0 Å². The van der Waals surface area contributed by atoms with Crippen LogP contribution in [-0.4, -0.2) is 11.8 Å². The molecular formula is C14H13NO2. The molecular weight excluding hydrogens is 214 g/mol. The highest BCUT2D eigenvalue weighted by Crippen LogP contribution is 2.25. The molecule has 0 N–H and O–H groups in total. The number of hydrogen-bond donors (Lipinski definition) is 0. The number of carbonyl (C=O) groups excluding carboxylic acids is 2. The monoisotopic (exact) mass is 227 g/mol. The van der Waals surface area contributed by atoms with Crippen LogP contribution in [0, 0.1) is 0 Å². The lowest BCUT2D eigenvalue weighted by atomic mass is 10.1. The molecule has 2 rings (SSSR count). The van der Waals surface area contributed by atoms with Gasteiger partial charge in [-0.25, -0.2) is 4.90 Å². The third-order valence-corrected chi connectivity index (χ3v) is 2.79. The first kappa shape index (κ1) is 11.3. The molecule has 0 unspecified atom stereocenters. The molecule has 3 heteroatoms. The lowest BCUT2D eigenvalue weighted by Crippen LogP contribution is -2.30. The Labute approximate surface area is 100 Å². The molecule has 1 aliphatic rings. The number of hydrogen-bond acceptors (Lipinski definition) is 2. The molecule has 0 spiro atoms. The third kappa shape index (κ3) is 1.91. The summed E-state index contributed by atoms with van der Waals surface area (Å²) in [5.74, 6) is -0.533. The van der Waals surface area contributed by atoms with Gasteiger partial charge in [0, 0.05) is 11.6 Å². The van der Waals surface area contributed by atoms with E-state index in [4.69, 9.17) is 0 Å². The Morgan fingerprint density at radius 1 is 1.18 bits per heavy atom. The molecule has 0 saturated heterocycles. The minimum Gasteiger partial charge on any atom is -0.269 e. The third-order valence-electron chi connectivity index (χ3n) is 2.79. The van der Waals surface area contributed by atoms with Gasteiger partial charge in [0.1, 0.15) is 0 Å². The maximum Gasteiger partial charge on any atom is 0.265 e. The van der Waals surface area contributed by atoms with Gasteiger partial charge in [0.05, 0.1) is 5.69 Å². The lowest BCUT2D eigenvalue weighted by molar-refractivity contribution is -0.120. The Morgan fingerprint density at radius 3 is 2.41 bits per heavy atom. The predicted octanol–water partition coefficient (Wildman–Crippen LogP) is 2.45. The first-order valence-electron chi connectivity index (χ1n) is 5.43. The molecule has 0 aliphatic carbocycles. The largest absolute Gasteiger partial charge is 0.269 e. The van der Waals surface area contributed by atoms with Crippen molar-refractivity contribution in [2.24, 2.45) is 0 Å². The second-order valence-electron chi connectivity index (χ2n) is 3.84. The summed E-state index contributed by atoms with van der Waals surface area (Å²) < 4.78 is 0. The van der Waals surface area contributed by atoms with Gasteiger partial charge in [-0.1, -0.05) is 24.3 Å². The molecule has 1 aliphatic heterocycles. The number of carbonyl (C=O) groups is 2. The fourth-order valence-electron chi connectivity index (χ4n) is 1.73. The van der Waals surface area contributed by atoms with Gasteiger partial charge in [0.25, 0.3) is 11.8 Å². The number of imide groups is 1. The van der Waals surface area contributed by atoms with Gasteiger partial charge in [-0.3, -0.25) is 9.59 Å². The number of benzene rings is 1. The van der Waals surface area contributed by atoms with Gasteiger partial charge in [0.15, 0.2) is 0 Å². The van der Waals surface area contributed by atoms with E-state index >= 15 is 0 Å². The number of rotatable bonds is 2. The van der Waals surface area contributed by atoms with Gasteiger partial charge in [-0.15, -0.1) is 0 Å². The maximum absolute atomic E-state index is 12.1. The van der Waals surface area contributed by atoms with Crippen LogP contribution in [0.4, 0.5) is 5.69 Å². The van der Waals surface area contributed by atoms with Crippen LogP contribution in [0.3, 0.4) is 0 Å². The molecule has 0 aromatic heterocycles. The van der Waals surface area contributed by atoms with Crippen LogP contribution in [0.5, 0.6) is 0 Å². The van der Waals surface area contributed by atoms with Crippen LogP contribution in [0.1, 0.15) is 13.8 Å². The van der Waals surface area contributed by atoms with Crippen LogP contribution in [0.15, 0.2) is 53.6 Å². The lowest BCUT2D eigenvalue weighted by Gasteiger charge is -2.14. The van der Waals surface area contributed by atoms with Gasteiger partial charge < -0.3 is 0 Å². The van der Waals surface area contributed by atoms with E-state index in [9.17, 15) is 9.59 Å². The number of nitrogens with zero attached hydrogens (tertiary/aromatic N) is 1. The van der Waals surface area contributed by atoms with E-state index in [2.05, 4.69) is 0 Å². The van der Waals surface area contributed by atoms with Crippen molar-refractivity contribution in [3.8, 4) is 0 Å². The smallest absolute Gasteiger partial charge is 0.265 e. The van der Waals surface area contributed by atoms with E-state index in [0.717, 1.165) is 5.57 Å². The van der Waals surface area contributed by atoms with Crippen molar-refractivity contribution in [3.63, 3.8) is 0 Å². The SMILES string of the molecule is C/C=C(\C)C1=CC(=O)N(c2ccccc2)C1=O. The molecule has 0 atom stereocenters. The summed E-state index contributed by atoms with van der Waals surface area (Å²) in [6.07, 6.45) is 3.22. The summed E-state index contributed by atoms with van der Waals surface area (Å²) in [5.41, 5.74) is 1.90. The topological polar surface area (TPSA) is 37.4 Å². The Balaban J connectivity index is 2.38. The van der Waals surface area contributed by atoms with Crippen LogP contribution in [0.25, 0.3) is 0 Å². The molecule has 0 bridgehead atoms. The Bertz CT molecular complexity index is 526. The van der Waals surface area contributed by atoms with E-state index in [1.807, 2.05) is 26.0 Å². The molecule has 86 valence electrons. The second kappa shape index (κ2) is 4.37. The fraction of sp³-hybridized carbons (Fsp3) is 0.143. The van der Waals surface area contributed by atoms with Crippen molar-refractivity contribution >= 4 is 17.5 Å². The molecule has 1 aromatic rings. The molecule has 0 saturated carbocycles. The Hall–Kier alpha value is -2.16. The van der Waals surface area contributed by atoms with Crippen molar-refractivity contribution < 1.29 is 9.59 Å². The summed E-state index contributed by atoms with van der Waals surface area (Å²) >= 11 is 0. The van der Waals surface area contributed by atoms with Crippen molar-refractivity contribution in [2.75, 3.05) is 4.90 Å². The highest BCUT2D eigenvalue weighted by atomic mass is 16.2. The van der Waals surface area contributed by atoms with E-state index < -0.39 is 0 Å². The van der Waals surface area contributed by atoms with Gasteiger partial charge >= 0.3 is 0 Å². The van der Waals surface area contributed by atoms with Gasteiger partial charge in [-0.2, -0.15) is 0 Å². The molecule has 0 fully saturated rings. The summed E-state index contributed by atoms with van der Waals surface area (Å²) in [6, 6.07) is 8.95. The molecule has 2 amide bonds. The Kier molecular flexibility index (Phi) is 2.91. The molecule has 1 heterocycles. The summed E-state index contributed by atoms with van der Waals surface area (Å²) in [6.45, 7) is 3.67. The average molecular weight is 227 g/mol. The zero-order chi connectivity index (χ0) is 12.4. The number of amides is 2. The first-order chi connectivity index (χ1) is 8.15. The highest BCUT2D eigenvalue weighted by molar-refractivity contribution is 6.31. The number of anilines is 1. The average Bonchev–Trinajstić information content (AvgIpc) is 2.65. The Morgan fingerprint density at radius 2 is 1.82 bits per heavy atom. The van der Waals surface area contributed by atoms with Crippen LogP contribution in [0.2, 0.25) is 0 Å². The highest BCUT2D eigenvalue weighted by Gasteiger charge is 2.32. The van der Waals surface area contributed by atoms with Gasteiger partial charge in [-0.05, 0) is 31.6 Å². The maximum atomic E-state index is 12.1. The number of para-hydroxylation sites is 1. The van der Waals surface area contributed by atoms with Crippen molar-refractivity contribution in [1.29, 1.82) is 0 Å². The fourth-order valence-corrected chi connectivity index (χ4v) is 1.73. The standard InChI is InChI=1S/C14H13NO2/c1-3-10(2)12-9-13(16)15(14(12)17)11-7-5-4-6-8-11/h3-9H,1-2H3/b10-3+. The quantitative estimate of drug-likeness (QED) is 0.728. The summed E-state index contributed by atoms with van der Waals surface area (Å²) in [4.78, 5) is 25.1. The van der Waals surface area contributed by atoms with Crippen LogP contribution >= 0.6 is 0 Å². The molecule has 0 radical (unpaired) electrons. The summed E-state index contributed by atoms with van der Waals surface area (Å²) in [5, 5.41) is 0. The van der Waals surface area contributed by atoms with Crippen molar-refractivity contribution in [2.45, 2.75) is 13.8 Å². The molecule has 1 aromatic carbocycles. The first-order valence-corrected chi connectivity index (χ1v) is 5.43. The minimum atomic E-state index is -0.280. The van der Waals surface area contributed by atoms with Crippen LogP contribution < -0.4 is 4.90 Å². The second-order valence-corrected chi connectivity index (χ2v) is 3.84. The van der Waals surface area contributed by atoms with Gasteiger partial charge in [0.2, 0.25) is 0 Å². The minimum absolute atomic E-state index is 0.253. The van der Waals surface area contributed by atoms with E-state index in [0.29, 0.717) is 11.3 Å². The number of allylic oxidation sites excluding steroid dienone is 1.